The lowest BCUT2D eigenvalue weighted by atomic mass is 10.0. The highest BCUT2D eigenvalue weighted by molar-refractivity contribution is 5.97. The van der Waals surface area contributed by atoms with Crippen molar-refractivity contribution in [2.75, 3.05) is 19.0 Å². The maximum absolute atomic E-state index is 12.0. The largest absolute Gasteiger partial charge is 0.495 e. The number of ketones is 1. The van der Waals surface area contributed by atoms with Gasteiger partial charge in [0.2, 0.25) is 0 Å². The molecule has 0 saturated carbocycles. The number of carbonyl (C=O) groups is 1. The van der Waals surface area contributed by atoms with Gasteiger partial charge in [0.25, 0.3) is 0 Å². The van der Waals surface area contributed by atoms with E-state index in [4.69, 9.17) is 4.74 Å². The second kappa shape index (κ2) is 7.04. The van der Waals surface area contributed by atoms with Gasteiger partial charge in [0, 0.05) is 18.5 Å². The molecule has 0 atom stereocenters. The topological polar surface area (TPSA) is 38.3 Å². The minimum atomic E-state index is 0.187. The monoisotopic (exact) mass is 249 g/mol. The lowest BCUT2D eigenvalue weighted by Crippen LogP contribution is -2.06. The van der Waals surface area contributed by atoms with E-state index in [9.17, 15) is 4.79 Å². The van der Waals surface area contributed by atoms with Crippen molar-refractivity contribution in [1.29, 1.82) is 0 Å². The number of carbonyl (C=O) groups excluding carboxylic acids is 1. The number of Topliss-reactive ketones (excluding diaryl/α,β-unsaturated/α-hetero) is 1. The summed E-state index contributed by atoms with van der Waals surface area (Å²) in [7, 11) is 1.64. The Morgan fingerprint density at radius 3 is 2.67 bits per heavy atom. The summed E-state index contributed by atoms with van der Waals surface area (Å²) in [5, 5.41) is 3.29. The van der Waals surface area contributed by atoms with E-state index in [2.05, 4.69) is 26.1 Å². The van der Waals surface area contributed by atoms with E-state index in [0.717, 1.165) is 30.0 Å². The van der Waals surface area contributed by atoms with Crippen LogP contribution in [0.3, 0.4) is 0 Å². The van der Waals surface area contributed by atoms with Crippen LogP contribution in [0.5, 0.6) is 5.75 Å². The third-order valence-electron chi connectivity index (χ3n) is 2.68. The van der Waals surface area contributed by atoms with Crippen molar-refractivity contribution in [3.05, 3.63) is 23.8 Å². The number of ether oxygens (including phenoxy) is 1. The maximum atomic E-state index is 12.0. The Kier molecular flexibility index (Phi) is 5.69. The van der Waals surface area contributed by atoms with Gasteiger partial charge in [-0.05, 0) is 30.5 Å². The molecule has 3 heteroatoms. The van der Waals surface area contributed by atoms with Gasteiger partial charge in [-0.2, -0.15) is 0 Å². The average molecular weight is 249 g/mol. The van der Waals surface area contributed by atoms with Gasteiger partial charge in [-0.15, -0.1) is 0 Å². The number of hydrogen-bond acceptors (Lipinski definition) is 3. The van der Waals surface area contributed by atoms with Crippen LogP contribution in [-0.2, 0) is 0 Å². The molecule has 1 rings (SSSR count). The first-order valence-corrected chi connectivity index (χ1v) is 6.53. The quantitative estimate of drug-likeness (QED) is 0.748. The number of nitrogens with one attached hydrogen (secondary N) is 1. The number of anilines is 1. The Balaban J connectivity index is 2.91. The van der Waals surface area contributed by atoms with E-state index in [1.165, 1.54) is 0 Å². The van der Waals surface area contributed by atoms with E-state index in [1.807, 2.05) is 18.2 Å². The molecular formula is C15H23NO2. The van der Waals surface area contributed by atoms with Gasteiger partial charge in [0.15, 0.2) is 5.78 Å². The summed E-state index contributed by atoms with van der Waals surface area (Å²) >= 11 is 0. The third-order valence-corrected chi connectivity index (χ3v) is 2.68. The molecule has 1 aromatic rings. The molecule has 0 saturated heterocycles. The molecule has 0 heterocycles. The molecule has 0 aliphatic heterocycles. The molecule has 1 N–H and O–H groups in total. The summed E-state index contributed by atoms with van der Waals surface area (Å²) in [6.45, 7) is 7.08. The fraction of sp³-hybridized carbons (Fsp3) is 0.533. The Hall–Kier alpha value is -1.51. The zero-order valence-corrected chi connectivity index (χ0v) is 11.7. The molecule has 0 aliphatic carbocycles. The standard InChI is InChI=1S/C15H23NO2/c1-5-8-16-13-10-12(6-7-15(13)18-4)14(17)9-11(2)3/h6-7,10-11,16H,5,8-9H2,1-4H3. The Morgan fingerprint density at radius 2 is 2.11 bits per heavy atom. The molecule has 0 amide bonds. The molecule has 1 aromatic carbocycles. The van der Waals surface area contributed by atoms with Crippen LogP contribution in [0, 0.1) is 5.92 Å². The first-order valence-electron chi connectivity index (χ1n) is 6.53. The summed E-state index contributed by atoms with van der Waals surface area (Å²) in [6, 6.07) is 5.57. The van der Waals surface area contributed by atoms with Gasteiger partial charge in [0.05, 0.1) is 12.8 Å². The van der Waals surface area contributed by atoms with Gasteiger partial charge >= 0.3 is 0 Å². The number of methoxy groups -OCH3 is 1. The molecule has 0 radical (unpaired) electrons. The van der Waals surface area contributed by atoms with Crippen molar-refractivity contribution in [2.24, 2.45) is 5.92 Å². The summed E-state index contributed by atoms with van der Waals surface area (Å²) in [5.41, 5.74) is 1.65. The van der Waals surface area contributed by atoms with Gasteiger partial charge in [-0.1, -0.05) is 20.8 Å². The molecular weight excluding hydrogens is 226 g/mol. The predicted octanol–water partition coefficient (Wildman–Crippen LogP) is 3.75. The van der Waals surface area contributed by atoms with E-state index in [0.29, 0.717) is 12.3 Å². The highest BCUT2D eigenvalue weighted by Crippen LogP contribution is 2.26. The molecule has 18 heavy (non-hydrogen) atoms. The predicted molar refractivity (Wildman–Crippen MR) is 75.6 cm³/mol. The minimum absolute atomic E-state index is 0.187. The SMILES string of the molecule is CCCNc1cc(C(=O)CC(C)C)ccc1OC. The van der Waals surface area contributed by atoms with E-state index >= 15 is 0 Å². The third kappa shape index (κ3) is 4.06. The first-order chi connectivity index (χ1) is 8.58. The van der Waals surface area contributed by atoms with Gasteiger partial charge in [0.1, 0.15) is 5.75 Å². The second-order valence-corrected chi connectivity index (χ2v) is 4.86. The van der Waals surface area contributed by atoms with Crippen LogP contribution in [-0.4, -0.2) is 19.4 Å². The molecule has 0 aromatic heterocycles. The normalized spacial score (nSPS) is 10.5. The molecule has 0 aliphatic rings. The summed E-state index contributed by atoms with van der Waals surface area (Å²) in [5.74, 6) is 1.35. The van der Waals surface area contributed by atoms with Crippen LogP contribution in [0.25, 0.3) is 0 Å². The van der Waals surface area contributed by atoms with Crippen molar-refractivity contribution < 1.29 is 9.53 Å². The Bertz CT molecular complexity index is 399. The number of benzene rings is 1. The summed E-state index contributed by atoms with van der Waals surface area (Å²) < 4.78 is 5.28. The molecule has 0 unspecified atom stereocenters. The zero-order valence-electron chi connectivity index (χ0n) is 11.7. The zero-order chi connectivity index (χ0) is 13.5. The molecule has 0 fully saturated rings. The highest BCUT2D eigenvalue weighted by atomic mass is 16.5. The van der Waals surface area contributed by atoms with Crippen LogP contribution >= 0.6 is 0 Å². The van der Waals surface area contributed by atoms with Crippen LogP contribution in [0.1, 0.15) is 44.0 Å². The maximum Gasteiger partial charge on any atom is 0.163 e. The van der Waals surface area contributed by atoms with E-state index < -0.39 is 0 Å². The van der Waals surface area contributed by atoms with Gasteiger partial charge in [-0.25, -0.2) is 0 Å². The number of rotatable bonds is 7. The fourth-order valence-electron chi connectivity index (χ4n) is 1.77. The van der Waals surface area contributed by atoms with Gasteiger partial charge < -0.3 is 10.1 Å². The highest BCUT2D eigenvalue weighted by Gasteiger charge is 2.11. The lowest BCUT2D eigenvalue weighted by molar-refractivity contribution is 0.0968. The molecule has 3 nitrogen and oxygen atoms in total. The van der Waals surface area contributed by atoms with E-state index in [1.54, 1.807) is 7.11 Å². The van der Waals surface area contributed by atoms with Crippen molar-refractivity contribution in [3.8, 4) is 5.75 Å². The molecule has 100 valence electrons. The lowest BCUT2D eigenvalue weighted by Gasteiger charge is -2.12. The first kappa shape index (κ1) is 14.6. The Labute approximate surface area is 110 Å². The second-order valence-electron chi connectivity index (χ2n) is 4.86. The van der Waals surface area contributed by atoms with Crippen LogP contribution in [0.15, 0.2) is 18.2 Å². The number of hydrogen-bond donors (Lipinski definition) is 1. The van der Waals surface area contributed by atoms with Crippen molar-refractivity contribution in [3.63, 3.8) is 0 Å². The molecule has 0 bridgehead atoms. The van der Waals surface area contributed by atoms with E-state index in [-0.39, 0.29) is 5.78 Å². The minimum Gasteiger partial charge on any atom is -0.495 e. The summed E-state index contributed by atoms with van der Waals surface area (Å²) in [6.07, 6.45) is 1.62. The smallest absolute Gasteiger partial charge is 0.163 e. The van der Waals surface area contributed by atoms with Crippen LogP contribution in [0.2, 0.25) is 0 Å². The van der Waals surface area contributed by atoms with Crippen molar-refractivity contribution >= 4 is 11.5 Å². The fourth-order valence-corrected chi connectivity index (χ4v) is 1.77. The summed E-state index contributed by atoms with van der Waals surface area (Å²) in [4.78, 5) is 12.0. The Morgan fingerprint density at radius 1 is 1.39 bits per heavy atom. The van der Waals surface area contributed by atoms with Crippen molar-refractivity contribution in [2.45, 2.75) is 33.6 Å². The molecule has 0 spiro atoms. The van der Waals surface area contributed by atoms with Crippen LogP contribution in [0.4, 0.5) is 5.69 Å². The van der Waals surface area contributed by atoms with Gasteiger partial charge in [-0.3, -0.25) is 4.79 Å². The van der Waals surface area contributed by atoms with Crippen molar-refractivity contribution in [1.82, 2.24) is 0 Å². The average Bonchev–Trinajstić information content (AvgIpc) is 2.35. The van der Waals surface area contributed by atoms with Crippen LogP contribution < -0.4 is 10.1 Å².